The van der Waals surface area contributed by atoms with Crippen LogP contribution in [0.2, 0.25) is 0 Å². The average Bonchev–Trinajstić information content (AvgIpc) is 2.99. The Hall–Kier alpha value is -1.27. The maximum absolute atomic E-state index is 13.3. The standard InChI is InChI=1S/C21H27N3O2S/c1-11-6-8-12(9-7-11)27(25,26)24-17-13-10-14(18(17)24)16-15(13)20(4)19(2,3)21(16,5)23-22-20/h6-9,13-18H,10H2,1-5H3. The predicted octanol–water partition coefficient (Wildman–Crippen LogP) is 3.64. The van der Waals surface area contributed by atoms with Gasteiger partial charge in [-0.25, -0.2) is 8.42 Å². The number of aryl methyl sites for hydroxylation is 1. The summed E-state index contributed by atoms with van der Waals surface area (Å²) in [6.45, 7) is 11.1. The van der Waals surface area contributed by atoms with Crippen molar-refractivity contribution in [2.24, 2.45) is 39.3 Å². The van der Waals surface area contributed by atoms with E-state index in [2.05, 4.69) is 27.7 Å². The van der Waals surface area contributed by atoms with Crippen LogP contribution in [0.4, 0.5) is 0 Å². The van der Waals surface area contributed by atoms with Crippen molar-refractivity contribution >= 4 is 10.0 Å². The van der Waals surface area contributed by atoms with E-state index in [0.29, 0.717) is 28.6 Å². The molecule has 6 rings (SSSR count). The highest BCUT2D eigenvalue weighted by Crippen LogP contribution is 2.79. The molecule has 0 spiro atoms. The minimum Gasteiger partial charge on any atom is -0.207 e. The van der Waals surface area contributed by atoms with Gasteiger partial charge in [-0.15, -0.1) is 0 Å². The van der Waals surface area contributed by atoms with Gasteiger partial charge in [-0.05, 0) is 63.0 Å². The zero-order valence-corrected chi connectivity index (χ0v) is 17.4. The van der Waals surface area contributed by atoms with E-state index in [0.717, 1.165) is 12.0 Å². The Kier molecular flexibility index (Phi) is 2.67. The average molecular weight is 386 g/mol. The third kappa shape index (κ3) is 1.52. The number of benzene rings is 1. The van der Waals surface area contributed by atoms with Gasteiger partial charge in [-0.1, -0.05) is 31.5 Å². The molecule has 8 unspecified atom stereocenters. The summed E-state index contributed by atoms with van der Waals surface area (Å²) >= 11 is 0. The molecule has 1 aromatic carbocycles. The van der Waals surface area contributed by atoms with E-state index in [1.54, 1.807) is 12.1 Å². The molecule has 0 amide bonds. The van der Waals surface area contributed by atoms with Gasteiger partial charge in [0.2, 0.25) is 10.0 Å². The van der Waals surface area contributed by atoms with Crippen LogP contribution in [0.25, 0.3) is 0 Å². The van der Waals surface area contributed by atoms with Gasteiger partial charge < -0.3 is 0 Å². The van der Waals surface area contributed by atoms with Gasteiger partial charge in [-0.2, -0.15) is 14.5 Å². The SMILES string of the molecule is Cc1ccc(S(=O)(=O)N2C3C4CC(C32)C2C4C3(C)N=NC2(C)C3(C)C)cc1. The van der Waals surface area contributed by atoms with Crippen LogP contribution in [-0.2, 0) is 10.0 Å². The fourth-order valence-electron chi connectivity index (χ4n) is 7.60. The molecule has 0 aromatic heterocycles. The lowest BCUT2D eigenvalue weighted by atomic mass is 9.66. The normalized spacial score (nSPS) is 52.9. The quantitative estimate of drug-likeness (QED) is 0.576. The van der Waals surface area contributed by atoms with Crippen LogP contribution in [0, 0.1) is 36.0 Å². The second-order valence-corrected chi connectivity index (χ2v) is 12.2. The zero-order chi connectivity index (χ0) is 19.1. The number of fused-ring (bicyclic) bond motifs is 12. The van der Waals surface area contributed by atoms with Gasteiger partial charge in [0.1, 0.15) is 0 Å². The highest BCUT2D eigenvalue weighted by atomic mass is 32.2. The van der Waals surface area contributed by atoms with Crippen molar-refractivity contribution in [3.8, 4) is 0 Å². The lowest BCUT2D eigenvalue weighted by Gasteiger charge is -2.38. The Bertz CT molecular complexity index is 961. The van der Waals surface area contributed by atoms with Crippen molar-refractivity contribution in [3.63, 3.8) is 0 Å². The Labute approximate surface area is 161 Å². The Balaban J connectivity index is 1.39. The highest BCUT2D eigenvalue weighted by Gasteiger charge is 2.85. The molecular weight excluding hydrogens is 358 g/mol. The Morgan fingerprint density at radius 2 is 1.41 bits per heavy atom. The van der Waals surface area contributed by atoms with Crippen LogP contribution < -0.4 is 0 Å². The van der Waals surface area contributed by atoms with Crippen molar-refractivity contribution in [1.82, 2.24) is 4.31 Å². The van der Waals surface area contributed by atoms with Crippen molar-refractivity contribution in [3.05, 3.63) is 29.8 Å². The third-order valence-electron chi connectivity index (χ3n) is 9.47. The molecule has 6 heteroatoms. The van der Waals surface area contributed by atoms with Gasteiger partial charge in [0.25, 0.3) is 0 Å². The van der Waals surface area contributed by atoms with E-state index in [-0.39, 0.29) is 28.6 Å². The molecule has 1 saturated heterocycles. The van der Waals surface area contributed by atoms with Crippen LogP contribution in [0.15, 0.2) is 39.4 Å². The van der Waals surface area contributed by atoms with Crippen LogP contribution in [-0.4, -0.2) is 35.9 Å². The fraction of sp³-hybridized carbons (Fsp3) is 0.714. The fourth-order valence-corrected chi connectivity index (χ4v) is 9.47. The summed E-state index contributed by atoms with van der Waals surface area (Å²) in [4.78, 5) is 0.433. The summed E-state index contributed by atoms with van der Waals surface area (Å²) in [6.07, 6.45) is 1.15. The van der Waals surface area contributed by atoms with Crippen LogP contribution in [0.5, 0.6) is 0 Å². The van der Waals surface area contributed by atoms with E-state index < -0.39 is 10.0 Å². The number of azo groups is 1. The molecule has 5 nitrogen and oxygen atoms in total. The largest absolute Gasteiger partial charge is 0.243 e. The molecule has 1 aromatic rings. The number of piperidine rings is 1. The van der Waals surface area contributed by atoms with E-state index >= 15 is 0 Å². The molecule has 0 radical (unpaired) electrons. The number of hydrogen-bond donors (Lipinski definition) is 0. The molecule has 3 saturated carbocycles. The van der Waals surface area contributed by atoms with Crippen LogP contribution in [0.1, 0.15) is 39.7 Å². The summed E-state index contributed by atoms with van der Waals surface area (Å²) < 4.78 is 28.4. The van der Waals surface area contributed by atoms with E-state index in [1.165, 1.54) is 0 Å². The summed E-state index contributed by atoms with van der Waals surface area (Å²) in [5.41, 5.74) is 0.776. The molecule has 27 heavy (non-hydrogen) atoms. The molecule has 4 bridgehead atoms. The Morgan fingerprint density at radius 1 is 0.926 bits per heavy atom. The lowest BCUT2D eigenvalue weighted by Crippen LogP contribution is -2.46. The van der Waals surface area contributed by atoms with Gasteiger partial charge in [0, 0.05) is 17.5 Å². The second kappa shape index (κ2) is 4.33. The van der Waals surface area contributed by atoms with E-state index in [1.807, 2.05) is 23.4 Å². The van der Waals surface area contributed by atoms with E-state index in [4.69, 9.17) is 10.2 Å². The maximum atomic E-state index is 13.3. The minimum absolute atomic E-state index is 0.0314. The molecule has 8 atom stereocenters. The molecule has 2 heterocycles. The summed E-state index contributed by atoms with van der Waals surface area (Å²) in [7, 11) is -3.41. The first kappa shape index (κ1) is 16.7. The third-order valence-corrected chi connectivity index (χ3v) is 11.4. The number of rotatable bonds is 2. The number of hydrogen-bond acceptors (Lipinski definition) is 4. The molecule has 4 fully saturated rings. The van der Waals surface area contributed by atoms with Crippen LogP contribution >= 0.6 is 0 Å². The molecule has 3 aliphatic carbocycles. The first-order valence-electron chi connectivity index (χ1n) is 10.1. The van der Waals surface area contributed by atoms with Crippen molar-refractivity contribution in [2.75, 3.05) is 0 Å². The first-order valence-corrected chi connectivity index (χ1v) is 11.5. The molecule has 144 valence electrons. The lowest BCUT2D eigenvalue weighted by molar-refractivity contribution is 0.147. The highest BCUT2D eigenvalue weighted by molar-refractivity contribution is 7.89. The topological polar surface area (TPSA) is 61.9 Å². The summed E-state index contributed by atoms with van der Waals surface area (Å²) in [5.74, 6) is 1.77. The second-order valence-electron chi connectivity index (χ2n) is 10.4. The van der Waals surface area contributed by atoms with Crippen molar-refractivity contribution in [1.29, 1.82) is 0 Å². The van der Waals surface area contributed by atoms with Crippen LogP contribution in [0.3, 0.4) is 0 Å². The summed E-state index contributed by atoms with van der Waals surface area (Å²) in [6, 6.07) is 7.63. The maximum Gasteiger partial charge on any atom is 0.243 e. The van der Waals surface area contributed by atoms with Gasteiger partial charge in [0.05, 0.1) is 16.0 Å². The zero-order valence-electron chi connectivity index (χ0n) is 16.5. The van der Waals surface area contributed by atoms with Crippen molar-refractivity contribution < 1.29 is 8.42 Å². The molecule has 2 aliphatic heterocycles. The number of nitrogens with zero attached hydrogens (tertiary/aromatic N) is 3. The van der Waals surface area contributed by atoms with E-state index in [9.17, 15) is 8.42 Å². The Morgan fingerprint density at radius 3 is 1.89 bits per heavy atom. The summed E-state index contributed by atoms with van der Waals surface area (Å²) in [5, 5.41) is 9.57. The smallest absolute Gasteiger partial charge is 0.207 e. The number of sulfonamides is 1. The van der Waals surface area contributed by atoms with Gasteiger partial charge >= 0.3 is 0 Å². The van der Waals surface area contributed by atoms with Gasteiger partial charge in [-0.3, -0.25) is 0 Å². The molecular formula is C21H27N3O2S. The van der Waals surface area contributed by atoms with Gasteiger partial charge in [0.15, 0.2) is 0 Å². The van der Waals surface area contributed by atoms with Crippen molar-refractivity contribution in [2.45, 2.75) is 69.1 Å². The minimum atomic E-state index is -3.41. The predicted molar refractivity (Wildman–Crippen MR) is 102 cm³/mol. The first-order chi connectivity index (χ1) is 12.6. The molecule has 5 aliphatic rings. The molecule has 0 N–H and O–H groups in total. The monoisotopic (exact) mass is 385 g/mol.